The average Bonchev–Trinajstić information content (AvgIpc) is 3.24. The van der Waals surface area contributed by atoms with E-state index in [1.807, 2.05) is 42.6 Å². The van der Waals surface area contributed by atoms with Crippen molar-refractivity contribution in [3.63, 3.8) is 0 Å². The minimum Gasteiger partial charge on any atom is -0.256 e. The lowest BCUT2D eigenvalue weighted by Gasteiger charge is -2.14. The third-order valence-electron chi connectivity index (χ3n) is 9.55. The predicted octanol–water partition coefficient (Wildman–Crippen LogP) is 12.7. The second-order valence-corrected chi connectivity index (χ2v) is 12.9. The monoisotopic (exact) mass is 663 g/mol. The molecule has 0 aliphatic heterocycles. The van der Waals surface area contributed by atoms with Crippen molar-refractivity contribution >= 4 is 10.9 Å². The van der Waals surface area contributed by atoms with Crippen molar-refractivity contribution in [3.05, 3.63) is 200 Å². The van der Waals surface area contributed by atoms with E-state index in [2.05, 4.69) is 163 Å². The number of rotatable bonds is 7. The summed E-state index contributed by atoms with van der Waals surface area (Å²) in [6.07, 6.45) is 1.83. The molecule has 244 valence electrons. The topological polar surface area (TPSA) is 38.7 Å². The van der Waals surface area contributed by atoms with Crippen molar-refractivity contribution in [2.75, 3.05) is 0 Å². The molecule has 9 rings (SSSR count). The van der Waals surface area contributed by atoms with Crippen molar-refractivity contribution in [1.82, 2.24) is 15.0 Å². The third kappa shape index (κ3) is 6.28. The van der Waals surface area contributed by atoms with Crippen LogP contribution in [0.25, 0.3) is 89.3 Å². The van der Waals surface area contributed by atoms with Crippen LogP contribution < -0.4 is 0 Å². The molecule has 7 aromatic carbocycles. The fourth-order valence-corrected chi connectivity index (χ4v) is 6.83. The molecule has 2 aromatic heterocycles. The van der Waals surface area contributed by atoms with Crippen LogP contribution in [-0.2, 0) is 0 Å². The first-order valence-electron chi connectivity index (χ1n) is 17.5. The van der Waals surface area contributed by atoms with E-state index in [1.54, 1.807) is 0 Å². The van der Waals surface area contributed by atoms with Crippen LogP contribution in [0.4, 0.5) is 0 Å². The number of benzene rings is 7. The molecule has 3 heteroatoms. The van der Waals surface area contributed by atoms with Crippen molar-refractivity contribution in [3.8, 4) is 78.4 Å². The summed E-state index contributed by atoms with van der Waals surface area (Å²) in [7, 11) is 0. The summed E-state index contributed by atoms with van der Waals surface area (Å²) in [5, 5.41) is 1.02. The molecule has 2 heterocycles. The van der Waals surface area contributed by atoms with Crippen molar-refractivity contribution in [1.29, 1.82) is 0 Å². The SMILES string of the molecule is c1ccc(-c2ccc(-c3cc(-c4ccc(-c5ccccn5)cc4)cc(-c4nc(-c5ccccc5)c5cc(-c6ccccc6)ccc5n4)c3)cc2)cc1. The van der Waals surface area contributed by atoms with Gasteiger partial charge in [0.25, 0.3) is 0 Å². The maximum absolute atomic E-state index is 5.33. The Morgan fingerprint density at radius 3 is 1.33 bits per heavy atom. The molecular formula is C49H33N3. The Morgan fingerprint density at radius 2 is 0.750 bits per heavy atom. The number of hydrogen-bond donors (Lipinski definition) is 0. The van der Waals surface area contributed by atoms with E-state index in [1.165, 1.54) is 11.1 Å². The van der Waals surface area contributed by atoms with Crippen molar-refractivity contribution < 1.29 is 0 Å². The summed E-state index contributed by atoms with van der Waals surface area (Å²) in [6.45, 7) is 0. The zero-order valence-electron chi connectivity index (χ0n) is 28.4. The van der Waals surface area contributed by atoms with Gasteiger partial charge in [-0.05, 0) is 87.0 Å². The van der Waals surface area contributed by atoms with E-state index in [0.717, 1.165) is 72.4 Å². The van der Waals surface area contributed by atoms with Crippen LogP contribution in [0.15, 0.2) is 200 Å². The standard InChI is InChI=1S/C49H33N3/c1-4-12-34(13-5-1)36-19-21-37(22-20-36)42-30-43(38-23-25-39(26-24-38)46-18-10-11-29-50-46)32-44(31-42)49-51-47-28-27-41(35-14-6-2-7-15-35)33-45(47)48(52-49)40-16-8-3-9-17-40/h1-33H. The molecule has 0 saturated carbocycles. The van der Waals surface area contributed by atoms with Gasteiger partial charge in [-0.1, -0.05) is 152 Å². The van der Waals surface area contributed by atoms with Gasteiger partial charge in [0, 0.05) is 28.3 Å². The fraction of sp³-hybridized carbons (Fsp3) is 0. The van der Waals surface area contributed by atoms with E-state index in [-0.39, 0.29) is 0 Å². The van der Waals surface area contributed by atoms with E-state index < -0.39 is 0 Å². The van der Waals surface area contributed by atoms with Crippen LogP contribution in [-0.4, -0.2) is 15.0 Å². The van der Waals surface area contributed by atoms with E-state index in [4.69, 9.17) is 9.97 Å². The molecule has 0 atom stereocenters. The van der Waals surface area contributed by atoms with E-state index >= 15 is 0 Å². The van der Waals surface area contributed by atoms with E-state index in [0.29, 0.717) is 5.82 Å². The van der Waals surface area contributed by atoms with Gasteiger partial charge in [-0.25, -0.2) is 9.97 Å². The summed E-state index contributed by atoms with van der Waals surface area (Å²) in [5.41, 5.74) is 15.0. The summed E-state index contributed by atoms with van der Waals surface area (Å²) in [5.74, 6) is 0.688. The second kappa shape index (κ2) is 13.7. The van der Waals surface area contributed by atoms with Gasteiger partial charge in [-0.3, -0.25) is 4.98 Å². The lowest BCUT2D eigenvalue weighted by atomic mass is 9.94. The Kier molecular flexibility index (Phi) is 8.20. The molecule has 0 unspecified atom stereocenters. The zero-order chi connectivity index (χ0) is 34.7. The van der Waals surface area contributed by atoms with Crippen LogP contribution in [0, 0.1) is 0 Å². The van der Waals surface area contributed by atoms with Crippen LogP contribution >= 0.6 is 0 Å². The summed E-state index contributed by atoms with van der Waals surface area (Å²) >= 11 is 0. The minimum atomic E-state index is 0.688. The Morgan fingerprint density at radius 1 is 0.288 bits per heavy atom. The van der Waals surface area contributed by atoms with Gasteiger partial charge in [0.05, 0.1) is 16.9 Å². The molecule has 0 bridgehead atoms. The first-order chi connectivity index (χ1) is 25.7. The van der Waals surface area contributed by atoms with Gasteiger partial charge in [0.1, 0.15) is 0 Å². The minimum absolute atomic E-state index is 0.688. The number of nitrogens with zero attached hydrogens (tertiary/aromatic N) is 3. The first kappa shape index (κ1) is 31.0. The Hall–Kier alpha value is -6.97. The number of fused-ring (bicyclic) bond motifs is 1. The van der Waals surface area contributed by atoms with E-state index in [9.17, 15) is 0 Å². The lowest BCUT2D eigenvalue weighted by Crippen LogP contribution is -1.97. The molecule has 0 spiro atoms. The predicted molar refractivity (Wildman–Crippen MR) is 215 cm³/mol. The van der Waals surface area contributed by atoms with Gasteiger partial charge < -0.3 is 0 Å². The zero-order valence-corrected chi connectivity index (χ0v) is 28.4. The van der Waals surface area contributed by atoms with Crippen molar-refractivity contribution in [2.45, 2.75) is 0 Å². The highest BCUT2D eigenvalue weighted by atomic mass is 14.9. The maximum atomic E-state index is 5.33. The average molecular weight is 664 g/mol. The van der Waals surface area contributed by atoms with Crippen LogP contribution in [0.3, 0.4) is 0 Å². The largest absolute Gasteiger partial charge is 0.256 e. The van der Waals surface area contributed by atoms with Crippen LogP contribution in [0.5, 0.6) is 0 Å². The molecular weight excluding hydrogens is 631 g/mol. The molecule has 0 N–H and O–H groups in total. The Bertz CT molecular complexity index is 2520. The summed E-state index contributed by atoms with van der Waals surface area (Å²) in [4.78, 5) is 15.1. The van der Waals surface area contributed by atoms with Gasteiger partial charge in [0.2, 0.25) is 0 Å². The number of aromatic nitrogens is 3. The smallest absolute Gasteiger partial charge is 0.160 e. The Labute approximate surface area is 303 Å². The van der Waals surface area contributed by atoms with Gasteiger partial charge in [0.15, 0.2) is 5.82 Å². The molecule has 52 heavy (non-hydrogen) atoms. The highest BCUT2D eigenvalue weighted by Crippen LogP contribution is 2.37. The molecule has 0 amide bonds. The van der Waals surface area contributed by atoms with Gasteiger partial charge in [-0.2, -0.15) is 0 Å². The lowest BCUT2D eigenvalue weighted by molar-refractivity contribution is 1.23. The molecule has 3 nitrogen and oxygen atoms in total. The highest BCUT2D eigenvalue weighted by molar-refractivity contribution is 5.96. The normalized spacial score (nSPS) is 11.1. The van der Waals surface area contributed by atoms with Gasteiger partial charge in [-0.15, -0.1) is 0 Å². The van der Waals surface area contributed by atoms with Crippen LogP contribution in [0.2, 0.25) is 0 Å². The molecule has 0 fully saturated rings. The molecule has 0 aliphatic carbocycles. The second-order valence-electron chi connectivity index (χ2n) is 12.9. The summed E-state index contributed by atoms with van der Waals surface area (Å²) < 4.78 is 0. The Balaban J connectivity index is 1.20. The van der Waals surface area contributed by atoms with Gasteiger partial charge >= 0.3 is 0 Å². The van der Waals surface area contributed by atoms with Crippen molar-refractivity contribution in [2.24, 2.45) is 0 Å². The molecule has 0 aliphatic rings. The fourth-order valence-electron chi connectivity index (χ4n) is 6.83. The highest BCUT2D eigenvalue weighted by Gasteiger charge is 2.15. The quantitative estimate of drug-likeness (QED) is 0.170. The third-order valence-corrected chi connectivity index (χ3v) is 9.55. The maximum Gasteiger partial charge on any atom is 0.160 e. The van der Waals surface area contributed by atoms with Crippen LogP contribution in [0.1, 0.15) is 0 Å². The number of hydrogen-bond acceptors (Lipinski definition) is 3. The number of pyridine rings is 1. The summed E-state index contributed by atoms with van der Waals surface area (Å²) in [6, 6.07) is 68.0. The molecule has 0 radical (unpaired) electrons. The first-order valence-corrected chi connectivity index (χ1v) is 17.5. The molecule has 0 saturated heterocycles. The molecule has 9 aromatic rings.